The van der Waals surface area contributed by atoms with Crippen LogP contribution in [0.15, 0.2) is 47.6 Å². The molecule has 4 aromatic rings. The van der Waals surface area contributed by atoms with E-state index < -0.39 is 9.84 Å². The van der Waals surface area contributed by atoms with E-state index in [1.165, 1.54) is 6.26 Å². The van der Waals surface area contributed by atoms with Crippen LogP contribution < -0.4 is 0 Å². The van der Waals surface area contributed by atoms with Gasteiger partial charge in [-0.25, -0.2) is 13.4 Å². The van der Waals surface area contributed by atoms with Crippen molar-refractivity contribution in [2.24, 2.45) is 7.05 Å². The second kappa shape index (κ2) is 6.56. The van der Waals surface area contributed by atoms with Gasteiger partial charge in [-0.1, -0.05) is 12.1 Å². The molecular weight excluding hydrogens is 374 g/mol. The highest BCUT2D eigenvalue weighted by Crippen LogP contribution is 2.34. The summed E-state index contributed by atoms with van der Waals surface area (Å²) in [5.74, 6) is 0. The van der Waals surface area contributed by atoms with E-state index in [1.807, 2.05) is 50.0 Å². The van der Waals surface area contributed by atoms with E-state index in [2.05, 4.69) is 10.2 Å². The molecule has 3 heterocycles. The van der Waals surface area contributed by atoms with Crippen LogP contribution in [0.4, 0.5) is 0 Å². The lowest BCUT2D eigenvalue weighted by Gasteiger charge is -2.08. The standard InChI is InChI=1S/C20H21N5O2S/c1-5-25-13(2)19-17(14-6-8-16(9-7-14)28(4,26)27)10-18(22-20(19)23-25)15-11-21-24(3)12-15/h6-12H,5H2,1-4H3. The Hall–Kier alpha value is -3.00. The molecule has 0 radical (unpaired) electrons. The lowest BCUT2D eigenvalue weighted by molar-refractivity contribution is 0.602. The van der Waals surface area contributed by atoms with E-state index in [1.54, 1.807) is 23.0 Å². The van der Waals surface area contributed by atoms with E-state index in [0.29, 0.717) is 10.5 Å². The third kappa shape index (κ3) is 3.09. The highest BCUT2D eigenvalue weighted by molar-refractivity contribution is 7.90. The lowest BCUT2D eigenvalue weighted by Crippen LogP contribution is -1.98. The summed E-state index contributed by atoms with van der Waals surface area (Å²) in [6.07, 6.45) is 4.89. The predicted octanol–water partition coefficient (Wildman–Crippen LogP) is 3.23. The third-order valence-electron chi connectivity index (χ3n) is 4.86. The maximum absolute atomic E-state index is 11.8. The highest BCUT2D eigenvalue weighted by atomic mass is 32.2. The molecule has 0 aliphatic rings. The molecule has 0 spiro atoms. The summed E-state index contributed by atoms with van der Waals surface area (Å²) in [6.45, 7) is 4.82. The van der Waals surface area contributed by atoms with Crippen LogP contribution in [-0.2, 0) is 23.4 Å². The first-order valence-corrected chi connectivity index (χ1v) is 10.8. The molecule has 0 saturated carbocycles. The molecule has 3 aromatic heterocycles. The molecule has 0 aliphatic heterocycles. The van der Waals surface area contributed by atoms with Crippen LogP contribution in [0.5, 0.6) is 0 Å². The topological polar surface area (TPSA) is 82.7 Å². The predicted molar refractivity (Wildman–Crippen MR) is 109 cm³/mol. The molecule has 0 fully saturated rings. The molecule has 4 rings (SSSR count). The maximum atomic E-state index is 11.8. The smallest absolute Gasteiger partial charge is 0.182 e. The Labute approximate surface area is 163 Å². The molecule has 144 valence electrons. The van der Waals surface area contributed by atoms with E-state index in [0.717, 1.165) is 40.0 Å². The van der Waals surface area contributed by atoms with Crippen molar-refractivity contribution in [1.82, 2.24) is 24.5 Å². The van der Waals surface area contributed by atoms with Crippen LogP contribution in [0.1, 0.15) is 12.6 Å². The van der Waals surface area contributed by atoms with Gasteiger partial charge in [0.1, 0.15) is 0 Å². The zero-order valence-corrected chi connectivity index (χ0v) is 17.0. The molecule has 0 bridgehead atoms. The zero-order valence-electron chi connectivity index (χ0n) is 16.2. The minimum atomic E-state index is -3.24. The normalized spacial score (nSPS) is 12.0. The quantitative estimate of drug-likeness (QED) is 0.530. The molecule has 1 aromatic carbocycles. The van der Waals surface area contributed by atoms with Crippen molar-refractivity contribution < 1.29 is 8.42 Å². The molecule has 0 aliphatic carbocycles. The van der Waals surface area contributed by atoms with Crippen LogP contribution in [0.3, 0.4) is 0 Å². The van der Waals surface area contributed by atoms with Gasteiger partial charge in [0.15, 0.2) is 15.5 Å². The summed E-state index contributed by atoms with van der Waals surface area (Å²) < 4.78 is 27.3. The number of sulfone groups is 1. The minimum Gasteiger partial charge on any atom is -0.275 e. The number of hydrogen-bond donors (Lipinski definition) is 0. The number of nitrogens with zero attached hydrogens (tertiary/aromatic N) is 5. The molecule has 0 saturated heterocycles. The number of rotatable bonds is 4. The van der Waals surface area contributed by atoms with Crippen LogP contribution in [0, 0.1) is 6.92 Å². The van der Waals surface area contributed by atoms with Crippen molar-refractivity contribution in [3.05, 3.63) is 48.4 Å². The van der Waals surface area contributed by atoms with Crippen molar-refractivity contribution in [1.29, 1.82) is 0 Å². The minimum absolute atomic E-state index is 0.301. The van der Waals surface area contributed by atoms with Crippen molar-refractivity contribution in [2.45, 2.75) is 25.3 Å². The first-order valence-electron chi connectivity index (χ1n) is 8.95. The fourth-order valence-electron chi connectivity index (χ4n) is 3.40. The molecule has 0 atom stereocenters. The molecule has 7 nitrogen and oxygen atoms in total. The van der Waals surface area contributed by atoms with Gasteiger partial charge in [0.2, 0.25) is 0 Å². The SMILES string of the molecule is CCn1nc2nc(-c3cnn(C)c3)cc(-c3ccc(S(C)(=O)=O)cc3)c2c1C. The summed E-state index contributed by atoms with van der Waals surface area (Å²) in [6, 6.07) is 8.96. The molecular formula is C20H21N5O2S. The fourth-order valence-corrected chi connectivity index (χ4v) is 4.03. The molecule has 0 N–H and O–H groups in total. The number of aromatic nitrogens is 5. The Balaban J connectivity index is 1.98. The Morgan fingerprint density at radius 3 is 2.39 bits per heavy atom. The van der Waals surface area contributed by atoms with Crippen molar-refractivity contribution in [3.63, 3.8) is 0 Å². The summed E-state index contributed by atoms with van der Waals surface area (Å²) in [4.78, 5) is 5.05. The van der Waals surface area contributed by atoms with Gasteiger partial charge >= 0.3 is 0 Å². The summed E-state index contributed by atoms with van der Waals surface area (Å²) in [5, 5.41) is 9.86. The Bertz CT molecular complexity index is 1280. The molecule has 0 unspecified atom stereocenters. The Morgan fingerprint density at radius 1 is 1.11 bits per heavy atom. The average molecular weight is 395 g/mol. The third-order valence-corrected chi connectivity index (χ3v) is 5.99. The maximum Gasteiger partial charge on any atom is 0.182 e. The number of benzene rings is 1. The van der Waals surface area contributed by atoms with Crippen molar-refractivity contribution in [3.8, 4) is 22.4 Å². The van der Waals surface area contributed by atoms with Gasteiger partial charge in [0, 0.05) is 42.7 Å². The molecule has 8 heteroatoms. The summed E-state index contributed by atoms with van der Waals surface area (Å²) in [7, 11) is -1.38. The molecule has 28 heavy (non-hydrogen) atoms. The largest absolute Gasteiger partial charge is 0.275 e. The van der Waals surface area contributed by atoms with E-state index in [9.17, 15) is 8.42 Å². The number of hydrogen-bond acceptors (Lipinski definition) is 5. The van der Waals surface area contributed by atoms with Gasteiger partial charge < -0.3 is 0 Å². The van der Waals surface area contributed by atoms with Gasteiger partial charge in [0.05, 0.1) is 16.8 Å². The van der Waals surface area contributed by atoms with Gasteiger partial charge in [-0.05, 0) is 43.2 Å². The van der Waals surface area contributed by atoms with Gasteiger partial charge in [-0.15, -0.1) is 0 Å². The first-order chi connectivity index (χ1) is 13.3. The highest BCUT2D eigenvalue weighted by Gasteiger charge is 2.17. The monoisotopic (exact) mass is 395 g/mol. The van der Waals surface area contributed by atoms with Gasteiger partial charge in [-0.2, -0.15) is 10.2 Å². The average Bonchev–Trinajstić information content (AvgIpc) is 3.24. The second-order valence-corrected chi connectivity index (χ2v) is 8.87. The van der Waals surface area contributed by atoms with E-state index >= 15 is 0 Å². The van der Waals surface area contributed by atoms with Crippen molar-refractivity contribution in [2.75, 3.05) is 6.26 Å². The molecule has 0 amide bonds. The lowest BCUT2D eigenvalue weighted by atomic mass is 10.00. The van der Waals surface area contributed by atoms with Crippen LogP contribution in [0.2, 0.25) is 0 Å². The second-order valence-electron chi connectivity index (χ2n) is 6.85. The zero-order chi connectivity index (χ0) is 20.1. The van der Waals surface area contributed by atoms with Crippen molar-refractivity contribution >= 4 is 20.9 Å². The van der Waals surface area contributed by atoms with E-state index in [-0.39, 0.29) is 0 Å². The fraction of sp³-hybridized carbons (Fsp3) is 0.250. The number of pyridine rings is 1. The van der Waals surface area contributed by atoms with Gasteiger partial charge in [0.25, 0.3) is 0 Å². The van der Waals surface area contributed by atoms with E-state index in [4.69, 9.17) is 4.98 Å². The van der Waals surface area contributed by atoms with Crippen LogP contribution >= 0.6 is 0 Å². The number of aryl methyl sites for hydroxylation is 3. The summed E-state index contributed by atoms with van der Waals surface area (Å²) in [5.41, 5.74) is 5.28. The number of fused-ring (bicyclic) bond motifs is 1. The summed E-state index contributed by atoms with van der Waals surface area (Å²) >= 11 is 0. The Kier molecular flexibility index (Phi) is 4.30. The van der Waals surface area contributed by atoms with Gasteiger partial charge in [-0.3, -0.25) is 9.36 Å². The van der Waals surface area contributed by atoms with Crippen LogP contribution in [-0.4, -0.2) is 39.2 Å². The van der Waals surface area contributed by atoms with Crippen LogP contribution in [0.25, 0.3) is 33.4 Å². The first kappa shape index (κ1) is 18.4. The Morgan fingerprint density at radius 2 is 1.82 bits per heavy atom.